The topological polar surface area (TPSA) is 39.7 Å². The molecule has 0 amide bonds. The predicted octanol–water partition coefficient (Wildman–Crippen LogP) is 0.620. The Labute approximate surface area is 85.9 Å². The molecular formula is C10H21NO3. The van der Waals surface area contributed by atoms with Crippen LogP contribution in [-0.4, -0.2) is 46.3 Å². The minimum atomic E-state index is -0.153. The lowest BCUT2D eigenvalue weighted by Crippen LogP contribution is -2.39. The van der Waals surface area contributed by atoms with E-state index in [1.165, 1.54) is 0 Å². The largest absolute Gasteiger partial charge is 0.381 e. The normalized spacial score (nSPS) is 24.4. The number of hydrogen-bond acceptors (Lipinski definition) is 4. The zero-order valence-electron chi connectivity index (χ0n) is 9.29. The van der Waals surface area contributed by atoms with Crippen LogP contribution in [0.5, 0.6) is 0 Å². The molecule has 4 nitrogen and oxygen atoms in total. The SMILES string of the molecule is COC(CN[C@H](C)[C@@H]1CCOC1)OC. The Kier molecular flexibility index (Phi) is 5.40. The summed E-state index contributed by atoms with van der Waals surface area (Å²) in [6.45, 7) is 4.68. The molecule has 0 spiro atoms. The summed E-state index contributed by atoms with van der Waals surface area (Å²) in [6.07, 6.45) is 0.999. The van der Waals surface area contributed by atoms with Crippen LogP contribution in [0.2, 0.25) is 0 Å². The molecule has 14 heavy (non-hydrogen) atoms. The quantitative estimate of drug-likeness (QED) is 0.642. The van der Waals surface area contributed by atoms with Gasteiger partial charge in [0, 0.05) is 33.4 Å². The highest BCUT2D eigenvalue weighted by atomic mass is 16.7. The van der Waals surface area contributed by atoms with Crippen LogP contribution in [-0.2, 0) is 14.2 Å². The molecule has 0 unspecified atom stereocenters. The van der Waals surface area contributed by atoms with Gasteiger partial charge in [-0.25, -0.2) is 0 Å². The van der Waals surface area contributed by atoms with Gasteiger partial charge in [0.15, 0.2) is 6.29 Å². The van der Waals surface area contributed by atoms with Crippen LogP contribution in [0.15, 0.2) is 0 Å². The first-order chi connectivity index (χ1) is 6.77. The average Bonchev–Trinajstić information content (AvgIpc) is 2.72. The molecule has 0 radical (unpaired) electrons. The predicted molar refractivity (Wildman–Crippen MR) is 54.2 cm³/mol. The van der Waals surface area contributed by atoms with Crippen LogP contribution >= 0.6 is 0 Å². The minimum absolute atomic E-state index is 0.153. The summed E-state index contributed by atoms with van der Waals surface area (Å²) < 4.78 is 15.5. The van der Waals surface area contributed by atoms with E-state index in [9.17, 15) is 0 Å². The molecule has 1 fully saturated rings. The van der Waals surface area contributed by atoms with Crippen molar-refractivity contribution in [2.45, 2.75) is 25.7 Å². The first kappa shape index (κ1) is 11.9. The Bertz CT molecular complexity index is 144. The van der Waals surface area contributed by atoms with Crippen molar-refractivity contribution in [1.82, 2.24) is 5.32 Å². The van der Waals surface area contributed by atoms with Crippen molar-refractivity contribution in [3.63, 3.8) is 0 Å². The number of ether oxygens (including phenoxy) is 3. The molecule has 1 rings (SSSR count). The van der Waals surface area contributed by atoms with Gasteiger partial charge in [-0.1, -0.05) is 0 Å². The van der Waals surface area contributed by atoms with E-state index in [0.29, 0.717) is 12.0 Å². The molecular weight excluding hydrogens is 182 g/mol. The summed E-state index contributed by atoms with van der Waals surface area (Å²) in [5.74, 6) is 0.629. The monoisotopic (exact) mass is 203 g/mol. The molecule has 2 atom stereocenters. The van der Waals surface area contributed by atoms with E-state index in [4.69, 9.17) is 14.2 Å². The van der Waals surface area contributed by atoms with Crippen molar-refractivity contribution >= 4 is 0 Å². The Morgan fingerprint density at radius 2 is 2.14 bits per heavy atom. The summed E-state index contributed by atoms with van der Waals surface area (Å²) in [5, 5.41) is 3.40. The number of nitrogens with one attached hydrogen (secondary N) is 1. The first-order valence-corrected chi connectivity index (χ1v) is 5.14. The van der Waals surface area contributed by atoms with Crippen molar-refractivity contribution in [2.24, 2.45) is 5.92 Å². The summed E-state index contributed by atoms with van der Waals surface area (Å²) in [5.41, 5.74) is 0. The van der Waals surface area contributed by atoms with Gasteiger partial charge in [0.2, 0.25) is 0 Å². The van der Waals surface area contributed by atoms with Gasteiger partial charge in [0.25, 0.3) is 0 Å². The molecule has 84 valence electrons. The van der Waals surface area contributed by atoms with Crippen LogP contribution in [0.3, 0.4) is 0 Å². The molecule has 4 heteroatoms. The van der Waals surface area contributed by atoms with E-state index in [1.54, 1.807) is 14.2 Å². The second-order valence-electron chi connectivity index (χ2n) is 3.72. The Morgan fingerprint density at radius 1 is 1.43 bits per heavy atom. The third-order valence-electron chi connectivity index (χ3n) is 2.80. The summed E-state index contributed by atoms with van der Waals surface area (Å²) in [4.78, 5) is 0. The van der Waals surface area contributed by atoms with Crippen LogP contribution in [0.25, 0.3) is 0 Å². The molecule has 1 N–H and O–H groups in total. The Balaban J connectivity index is 2.15. The standard InChI is InChI=1S/C10H21NO3/c1-8(9-4-5-14-7-9)11-6-10(12-2)13-3/h8-11H,4-7H2,1-3H3/t8-,9-/m1/s1. The first-order valence-electron chi connectivity index (χ1n) is 5.14. The average molecular weight is 203 g/mol. The van der Waals surface area contributed by atoms with Gasteiger partial charge in [-0.05, 0) is 19.3 Å². The van der Waals surface area contributed by atoms with Gasteiger partial charge >= 0.3 is 0 Å². The number of hydrogen-bond donors (Lipinski definition) is 1. The summed E-state index contributed by atoms with van der Waals surface area (Å²) >= 11 is 0. The van der Waals surface area contributed by atoms with E-state index >= 15 is 0 Å². The second kappa shape index (κ2) is 6.35. The van der Waals surface area contributed by atoms with Gasteiger partial charge in [-0.2, -0.15) is 0 Å². The molecule has 1 saturated heterocycles. The number of rotatable bonds is 6. The van der Waals surface area contributed by atoms with Gasteiger partial charge in [0.1, 0.15) is 0 Å². The summed E-state index contributed by atoms with van der Waals surface area (Å²) in [6, 6.07) is 0.463. The zero-order chi connectivity index (χ0) is 10.4. The smallest absolute Gasteiger partial charge is 0.169 e. The van der Waals surface area contributed by atoms with E-state index < -0.39 is 0 Å². The lowest BCUT2D eigenvalue weighted by molar-refractivity contribution is -0.100. The highest BCUT2D eigenvalue weighted by Gasteiger charge is 2.22. The van der Waals surface area contributed by atoms with Gasteiger partial charge < -0.3 is 19.5 Å². The number of methoxy groups -OCH3 is 2. The van der Waals surface area contributed by atoms with Gasteiger partial charge in [-0.3, -0.25) is 0 Å². The molecule has 0 aromatic heterocycles. The van der Waals surface area contributed by atoms with Crippen LogP contribution < -0.4 is 5.32 Å². The fraction of sp³-hybridized carbons (Fsp3) is 1.00. The van der Waals surface area contributed by atoms with Crippen molar-refractivity contribution in [3.8, 4) is 0 Å². The molecule has 1 aliphatic rings. The van der Waals surface area contributed by atoms with Crippen molar-refractivity contribution < 1.29 is 14.2 Å². The van der Waals surface area contributed by atoms with Gasteiger partial charge in [-0.15, -0.1) is 0 Å². The third-order valence-corrected chi connectivity index (χ3v) is 2.80. The third kappa shape index (κ3) is 3.53. The van der Waals surface area contributed by atoms with E-state index in [0.717, 1.165) is 26.2 Å². The second-order valence-corrected chi connectivity index (χ2v) is 3.72. The molecule has 0 bridgehead atoms. The van der Waals surface area contributed by atoms with E-state index in [-0.39, 0.29) is 6.29 Å². The minimum Gasteiger partial charge on any atom is -0.381 e. The van der Waals surface area contributed by atoms with Crippen molar-refractivity contribution in [2.75, 3.05) is 34.0 Å². The van der Waals surface area contributed by atoms with Crippen LogP contribution in [0, 0.1) is 5.92 Å². The molecule has 1 aliphatic heterocycles. The maximum atomic E-state index is 5.34. The van der Waals surface area contributed by atoms with Gasteiger partial charge in [0.05, 0.1) is 6.61 Å². The lowest BCUT2D eigenvalue weighted by atomic mass is 10.0. The summed E-state index contributed by atoms with van der Waals surface area (Å²) in [7, 11) is 3.30. The van der Waals surface area contributed by atoms with Crippen molar-refractivity contribution in [3.05, 3.63) is 0 Å². The molecule has 0 aromatic rings. The Morgan fingerprint density at radius 3 is 2.64 bits per heavy atom. The maximum absolute atomic E-state index is 5.34. The highest BCUT2D eigenvalue weighted by Crippen LogP contribution is 2.16. The molecule has 0 saturated carbocycles. The highest BCUT2D eigenvalue weighted by molar-refractivity contribution is 4.75. The molecule has 1 heterocycles. The van der Waals surface area contributed by atoms with Crippen molar-refractivity contribution in [1.29, 1.82) is 0 Å². The lowest BCUT2D eigenvalue weighted by Gasteiger charge is -2.22. The zero-order valence-corrected chi connectivity index (χ0v) is 9.29. The van der Waals surface area contributed by atoms with Crippen LogP contribution in [0.4, 0.5) is 0 Å². The molecule has 0 aliphatic carbocycles. The van der Waals surface area contributed by atoms with E-state index in [1.807, 2.05) is 0 Å². The fourth-order valence-electron chi connectivity index (χ4n) is 1.66. The Hall–Kier alpha value is -0.160. The van der Waals surface area contributed by atoms with E-state index in [2.05, 4.69) is 12.2 Å². The van der Waals surface area contributed by atoms with Crippen LogP contribution in [0.1, 0.15) is 13.3 Å². The fourth-order valence-corrected chi connectivity index (χ4v) is 1.66. The molecule has 0 aromatic carbocycles. The maximum Gasteiger partial charge on any atom is 0.169 e.